The van der Waals surface area contributed by atoms with Gasteiger partial charge in [0.2, 0.25) is 0 Å². The van der Waals surface area contributed by atoms with E-state index < -0.39 is 36.4 Å². The average Bonchev–Trinajstić information content (AvgIpc) is 3.27. The fourth-order valence-corrected chi connectivity index (χ4v) is 10.5. The first kappa shape index (κ1) is 35.0. The van der Waals surface area contributed by atoms with Crippen molar-refractivity contribution in [2.24, 2.45) is 0 Å². The van der Waals surface area contributed by atoms with Gasteiger partial charge in [0.25, 0.3) is 0 Å². The van der Waals surface area contributed by atoms with Gasteiger partial charge in [-0.25, -0.2) is 0 Å². The molecule has 1 spiro atoms. The van der Waals surface area contributed by atoms with E-state index in [9.17, 15) is 9.59 Å². The fourth-order valence-electron chi connectivity index (χ4n) is 5.97. The van der Waals surface area contributed by atoms with Crippen LogP contribution in [0.2, 0.25) is 0 Å². The van der Waals surface area contributed by atoms with Crippen molar-refractivity contribution in [3.8, 4) is 0 Å². The first-order chi connectivity index (χ1) is 20.0. The molecule has 0 aliphatic carbocycles. The van der Waals surface area contributed by atoms with Crippen molar-refractivity contribution in [3.63, 3.8) is 0 Å². The maximum atomic E-state index is 12.9. The van der Waals surface area contributed by atoms with Crippen molar-refractivity contribution in [1.29, 1.82) is 0 Å². The first-order valence-corrected chi connectivity index (χ1v) is 18.7. The Morgan fingerprint density at radius 1 is 0.619 bits per heavy atom. The molecule has 2 heterocycles. The van der Waals surface area contributed by atoms with Gasteiger partial charge >= 0.3 is 197 Å². The molecule has 0 aromatic heterocycles. The van der Waals surface area contributed by atoms with Crippen molar-refractivity contribution >= 4 is 19.4 Å². The third-order valence-electron chi connectivity index (χ3n) is 8.42. The Labute approximate surface area is 255 Å². The Morgan fingerprint density at radius 3 is 1.36 bits per heavy atom. The third-order valence-corrected chi connectivity index (χ3v) is 12.3. The maximum absolute atomic E-state index is 12.9. The van der Waals surface area contributed by atoms with Gasteiger partial charge in [-0.15, -0.1) is 0 Å². The van der Waals surface area contributed by atoms with E-state index >= 15 is 0 Å². The standard InChI is InChI=1S/C34H58NO6P/c1-6-7-8-9-10-11-12-13-14-15-16-17-18-19-20-21-25-28-35-30(29-26-23-22-24-27-29)42(38-31(36)33(2,3)40-42)39-32(37)34(4,5)41-42/h22-24,26-27,30,35H,6-21,25,28H2,1-5H3. The Balaban J connectivity index is 1.40. The number of hydrogen-bond donors (Lipinski definition) is 1. The number of nitrogens with one attached hydrogen (secondary N) is 1. The van der Waals surface area contributed by atoms with E-state index in [-0.39, 0.29) is 0 Å². The quantitative estimate of drug-likeness (QED) is 0.110. The van der Waals surface area contributed by atoms with Crippen LogP contribution in [0, 0.1) is 0 Å². The van der Waals surface area contributed by atoms with Crippen LogP contribution >= 0.6 is 7.51 Å². The van der Waals surface area contributed by atoms with Crippen molar-refractivity contribution in [3.05, 3.63) is 35.9 Å². The molecule has 42 heavy (non-hydrogen) atoms. The van der Waals surface area contributed by atoms with E-state index in [1.165, 1.54) is 96.3 Å². The molecule has 240 valence electrons. The second-order valence-corrected chi connectivity index (χ2v) is 16.2. The van der Waals surface area contributed by atoms with Gasteiger partial charge in [-0.3, -0.25) is 0 Å². The van der Waals surface area contributed by atoms with E-state index in [0.717, 1.165) is 18.4 Å². The van der Waals surface area contributed by atoms with Gasteiger partial charge in [-0.1, -0.05) is 58.3 Å². The van der Waals surface area contributed by atoms with Crippen LogP contribution in [0.25, 0.3) is 0 Å². The molecule has 1 aromatic rings. The molecule has 2 aliphatic rings. The van der Waals surface area contributed by atoms with Crippen molar-refractivity contribution < 1.29 is 27.7 Å². The number of benzene rings is 1. The molecule has 7 nitrogen and oxygen atoms in total. The van der Waals surface area contributed by atoms with Crippen LogP contribution in [-0.2, 0) is 27.7 Å². The SMILES string of the molecule is CCCCCCCCCCCCCCCCCCCNC(c1ccccc1)P12(OC(=O)C(C)(C)O1)OC(=O)C(C)(C)O2. The molecule has 1 aromatic carbocycles. The minimum atomic E-state index is -4.72. The van der Waals surface area contributed by atoms with Gasteiger partial charge in [-0.2, -0.15) is 0 Å². The number of carbonyl (C=O) groups is 2. The molecule has 2 saturated heterocycles. The first-order valence-electron chi connectivity index (χ1n) is 16.8. The molecule has 8 heteroatoms. The molecule has 0 radical (unpaired) electrons. The summed E-state index contributed by atoms with van der Waals surface area (Å²) in [4.78, 5) is 25.9. The van der Waals surface area contributed by atoms with Gasteiger partial charge < -0.3 is 0 Å². The Morgan fingerprint density at radius 2 is 1.00 bits per heavy atom. The number of carbonyl (C=O) groups excluding carboxylic acids is 2. The molecular formula is C34H58NO6P. The second-order valence-electron chi connectivity index (χ2n) is 13.3. The number of rotatable bonds is 21. The van der Waals surface area contributed by atoms with Gasteiger partial charge in [0.05, 0.1) is 0 Å². The second kappa shape index (κ2) is 16.0. The molecule has 1 unspecified atom stereocenters. The predicted octanol–water partition coefficient (Wildman–Crippen LogP) is 9.84. The van der Waals surface area contributed by atoms with E-state index in [1.54, 1.807) is 27.7 Å². The summed E-state index contributed by atoms with van der Waals surface area (Å²) in [5.41, 5.74) is -1.82. The van der Waals surface area contributed by atoms with Crippen LogP contribution in [0.1, 0.15) is 155 Å². The fraction of sp³-hybridized carbons (Fsp3) is 0.765. The van der Waals surface area contributed by atoms with Crippen LogP contribution in [-0.4, -0.2) is 29.7 Å². The summed E-state index contributed by atoms with van der Waals surface area (Å²) in [6.07, 6.45) is 22.4. The van der Waals surface area contributed by atoms with Crippen LogP contribution in [0.3, 0.4) is 0 Å². The van der Waals surface area contributed by atoms with Crippen molar-refractivity contribution in [2.45, 2.75) is 161 Å². The van der Waals surface area contributed by atoms with Crippen molar-refractivity contribution in [1.82, 2.24) is 5.32 Å². The average molecular weight is 608 g/mol. The van der Waals surface area contributed by atoms with Crippen molar-refractivity contribution in [2.75, 3.05) is 6.54 Å². The van der Waals surface area contributed by atoms with E-state index in [2.05, 4.69) is 12.2 Å². The Kier molecular flexibility index (Phi) is 13.3. The van der Waals surface area contributed by atoms with Crippen LogP contribution in [0.4, 0.5) is 0 Å². The summed E-state index contributed by atoms with van der Waals surface area (Å²) in [7, 11) is -4.72. The van der Waals surface area contributed by atoms with Gasteiger partial charge in [0, 0.05) is 0 Å². The summed E-state index contributed by atoms with van der Waals surface area (Å²) in [5, 5.41) is 3.52. The summed E-state index contributed by atoms with van der Waals surface area (Å²) in [5.74, 6) is -1.92. The monoisotopic (exact) mass is 607 g/mol. The molecule has 0 bridgehead atoms. The molecule has 1 atom stereocenters. The molecule has 0 amide bonds. The zero-order valence-electron chi connectivity index (χ0n) is 27.1. The summed E-state index contributed by atoms with van der Waals surface area (Å²) < 4.78 is 24.6. The predicted molar refractivity (Wildman–Crippen MR) is 171 cm³/mol. The van der Waals surface area contributed by atoms with E-state index in [4.69, 9.17) is 18.1 Å². The minimum absolute atomic E-state index is 0.591. The zero-order chi connectivity index (χ0) is 30.6. The normalized spacial score (nSPS) is 21.5. The molecule has 2 fully saturated rings. The van der Waals surface area contributed by atoms with E-state index in [0.29, 0.717) is 6.54 Å². The molecule has 1 N–H and O–H groups in total. The van der Waals surface area contributed by atoms with Gasteiger partial charge in [0.1, 0.15) is 0 Å². The van der Waals surface area contributed by atoms with Gasteiger partial charge in [-0.05, 0) is 0 Å². The molecule has 3 rings (SSSR count). The third kappa shape index (κ3) is 9.24. The van der Waals surface area contributed by atoms with E-state index in [1.807, 2.05) is 30.3 Å². The number of hydrogen-bond acceptors (Lipinski definition) is 7. The zero-order valence-corrected chi connectivity index (χ0v) is 28.0. The Bertz CT molecular complexity index is 946. The molecule has 2 aliphatic heterocycles. The summed E-state index contributed by atoms with van der Waals surface area (Å²) in [6, 6.07) is 9.55. The topological polar surface area (TPSA) is 83.1 Å². The molecular weight excluding hydrogens is 549 g/mol. The molecule has 0 saturated carbocycles. The van der Waals surface area contributed by atoms with Crippen LogP contribution in [0.15, 0.2) is 30.3 Å². The summed E-state index contributed by atoms with van der Waals surface area (Å²) in [6.45, 7) is 9.42. The number of unbranched alkanes of at least 4 members (excludes halogenated alkanes) is 16. The van der Waals surface area contributed by atoms with Gasteiger partial charge in [0.15, 0.2) is 0 Å². The Hall–Kier alpha value is -1.53. The van der Waals surface area contributed by atoms with Crippen LogP contribution < -0.4 is 5.32 Å². The summed E-state index contributed by atoms with van der Waals surface area (Å²) >= 11 is 0. The van der Waals surface area contributed by atoms with Crippen LogP contribution in [0.5, 0.6) is 0 Å².